The van der Waals surface area contributed by atoms with Crippen LogP contribution in [-0.2, 0) is 12.8 Å². The number of nitrogens with one attached hydrogen (secondary N) is 1. The average Bonchev–Trinajstić information content (AvgIpc) is 2.61. The minimum atomic E-state index is 0.156. The van der Waals surface area contributed by atoms with Crippen LogP contribution in [0.2, 0.25) is 0 Å². The molecular formula is C20H22N4O. The highest BCUT2D eigenvalue weighted by molar-refractivity contribution is 5.73. The summed E-state index contributed by atoms with van der Waals surface area (Å²) in [5, 5.41) is 22.8. The maximum atomic E-state index is 10.4. The molecule has 1 saturated carbocycles. The first-order valence-electron chi connectivity index (χ1n) is 8.86. The number of fused-ring (bicyclic) bond motifs is 1. The topological polar surface area (TPSA) is 84.1 Å². The van der Waals surface area contributed by atoms with Crippen molar-refractivity contribution in [2.75, 3.05) is 5.32 Å². The second-order valence-corrected chi connectivity index (χ2v) is 7.01. The molecule has 1 heterocycles. The molecule has 0 aliphatic heterocycles. The van der Waals surface area contributed by atoms with E-state index in [-0.39, 0.29) is 5.75 Å². The maximum absolute atomic E-state index is 10.4. The smallest absolute Gasteiger partial charge is 0.152 e. The van der Waals surface area contributed by atoms with E-state index in [1.165, 1.54) is 11.1 Å². The fourth-order valence-electron chi connectivity index (χ4n) is 3.78. The van der Waals surface area contributed by atoms with Gasteiger partial charge in [-0.25, -0.2) is 0 Å². The number of aromatic nitrogens is 2. The molecule has 0 atom stereocenters. The molecule has 0 spiro atoms. The van der Waals surface area contributed by atoms with Crippen LogP contribution < -0.4 is 11.1 Å². The second-order valence-electron chi connectivity index (χ2n) is 7.01. The summed E-state index contributed by atoms with van der Waals surface area (Å²) in [6.45, 7) is 0. The van der Waals surface area contributed by atoms with Gasteiger partial charge >= 0.3 is 0 Å². The van der Waals surface area contributed by atoms with E-state index < -0.39 is 0 Å². The van der Waals surface area contributed by atoms with E-state index in [1.807, 2.05) is 12.1 Å². The van der Waals surface area contributed by atoms with Gasteiger partial charge in [0.05, 0.1) is 0 Å². The van der Waals surface area contributed by atoms with E-state index in [9.17, 15) is 5.11 Å². The molecule has 4 rings (SSSR count). The lowest BCUT2D eigenvalue weighted by molar-refractivity contribution is 0.372. The number of nitrogens with zero attached hydrogens (tertiary/aromatic N) is 2. The standard InChI is InChI=1S/C20H22N4O/c1-2-12-7-8-17(18(25)9-12)19-15-5-3-4-6-16(15)20(24-23-19)22-14-10-13(21)11-14/h1,7-9,13-14,25H,3-6,10-11,21H2,(H,22,24)/t13-,14-. The number of anilines is 1. The third-order valence-electron chi connectivity index (χ3n) is 5.22. The summed E-state index contributed by atoms with van der Waals surface area (Å²) in [5.41, 5.74) is 10.4. The van der Waals surface area contributed by atoms with Crippen molar-refractivity contribution in [3.63, 3.8) is 0 Å². The molecule has 4 N–H and O–H groups in total. The number of rotatable bonds is 3. The van der Waals surface area contributed by atoms with Crippen LogP contribution in [0.1, 0.15) is 42.4 Å². The van der Waals surface area contributed by atoms with Gasteiger partial charge in [0.25, 0.3) is 0 Å². The van der Waals surface area contributed by atoms with Gasteiger partial charge in [0.2, 0.25) is 0 Å². The number of phenols is 1. The molecule has 0 amide bonds. The largest absolute Gasteiger partial charge is 0.507 e. The third kappa shape index (κ3) is 2.94. The molecule has 0 unspecified atom stereocenters. The van der Waals surface area contributed by atoms with Gasteiger partial charge in [0, 0.05) is 28.8 Å². The van der Waals surface area contributed by atoms with Crippen molar-refractivity contribution in [1.29, 1.82) is 0 Å². The van der Waals surface area contributed by atoms with E-state index in [2.05, 4.69) is 21.4 Å². The van der Waals surface area contributed by atoms with Gasteiger partial charge in [-0.15, -0.1) is 16.6 Å². The van der Waals surface area contributed by atoms with Gasteiger partial charge in [0.1, 0.15) is 11.4 Å². The van der Waals surface area contributed by atoms with Crippen LogP contribution in [0.5, 0.6) is 5.75 Å². The Labute approximate surface area is 147 Å². The minimum absolute atomic E-state index is 0.156. The Hall–Kier alpha value is -2.58. The van der Waals surface area contributed by atoms with Crippen LogP contribution in [0, 0.1) is 12.3 Å². The monoisotopic (exact) mass is 334 g/mol. The molecular weight excluding hydrogens is 312 g/mol. The molecule has 0 saturated heterocycles. The predicted molar refractivity (Wildman–Crippen MR) is 98.3 cm³/mol. The van der Waals surface area contributed by atoms with Crippen LogP contribution in [-0.4, -0.2) is 27.4 Å². The Bertz CT molecular complexity index is 850. The molecule has 1 fully saturated rings. The summed E-state index contributed by atoms with van der Waals surface area (Å²) in [5.74, 6) is 3.58. The van der Waals surface area contributed by atoms with Crippen LogP contribution in [0.15, 0.2) is 18.2 Å². The van der Waals surface area contributed by atoms with Gasteiger partial charge in [-0.3, -0.25) is 0 Å². The molecule has 1 aromatic heterocycles. The maximum Gasteiger partial charge on any atom is 0.152 e. The van der Waals surface area contributed by atoms with Crippen LogP contribution in [0.3, 0.4) is 0 Å². The van der Waals surface area contributed by atoms with E-state index in [4.69, 9.17) is 12.2 Å². The highest BCUT2D eigenvalue weighted by Gasteiger charge is 2.28. The first-order chi connectivity index (χ1) is 12.2. The van der Waals surface area contributed by atoms with E-state index in [0.29, 0.717) is 23.2 Å². The minimum Gasteiger partial charge on any atom is -0.507 e. The lowest BCUT2D eigenvalue weighted by Gasteiger charge is -2.34. The fraction of sp³-hybridized carbons (Fsp3) is 0.400. The SMILES string of the molecule is C#Cc1ccc(-c2nnc(N[C@H]3C[C@H](N)C3)c3c2CCCC3)c(O)c1. The molecule has 0 radical (unpaired) electrons. The summed E-state index contributed by atoms with van der Waals surface area (Å²) in [7, 11) is 0. The number of phenolic OH excluding ortho intramolecular Hbond substituents is 1. The number of aromatic hydroxyl groups is 1. The van der Waals surface area contributed by atoms with Gasteiger partial charge in [0.15, 0.2) is 5.82 Å². The van der Waals surface area contributed by atoms with E-state index in [0.717, 1.165) is 50.0 Å². The summed E-state index contributed by atoms with van der Waals surface area (Å²) >= 11 is 0. The van der Waals surface area contributed by atoms with Crippen molar-refractivity contribution in [1.82, 2.24) is 10.2 Å². The molecule has 0 bridgehead atoms. The zero-order valence-electron chi connectivity index (χ0n) is 14.1. The first-order valence-corrected chi connectivity index (χ1v) is 8.86. The molecule has 5 nitrogen and oxygen atoms in total. The van der Waals surface area contributed by atoms with E-state index in [1.54, 1.807) is 6.07 Å². The first kappa shape index (κ1) is 15.9. The Balaban J connectivity index is 1.73. The van der Waals surface area contributed by atoms with Crippen LogP contribution in [0.25, 0.3) is 11.3 Å². The van der Waals surface area contributed by atoms with Gasteiger partial charge in [-0.05, 0) is 62.3 Å². The van der Waals surface area contributed by atoms with Crippen molar-refractivity contribution in [2.45, 2.75) is 50.6 Å². The summed E-state index contributed by atoms with van der Waals surface area (Å²) in [6, 6.07) is 5.96. The molecule has 25 heavy (non-hydrogen) atoms. The van der Waals surface area contributed by atoms with Crippen molar-refractivity contribution in [3.8, 4) is 29.4 Å². The zero-order valence-corrected chi connectivity index (χ0v) is 14.1. The number of terminal acetylenes is 1. The highest BCUT2D eigenvalue weighted by atomic mass is 16.3. The second kappa shape index (κ2) is 6.38. The zero-order chi connectivity index (χ0) is 17.4. The van der Waals surface area contributed by atoms with E-state index >= 15 is 0 Å². The fourth-order valence-corrected chi connectivity index (χ4v) is 3.78. The molecule has 128 valence electrons. The average molecular weight is 334 g/mol. The summed E-state index contributed by atoms with van der Waals surface area (Å²) < 4.78 is 0. The number of nitrogens with two attached hydrogens (primary N) is 1. The Morgan fingerprint density at radius 2 is 1.92 bits per heavy atom. The molecule has 2 aliphatic carbocycles. The van der Waals surface area contributed by atoms with Crippen LogP contribution >= 0.6 is 0 Å². The Morgan fingerprint density at radius 3 is 2.60 bits per heavy atom. The molecule has 1 aromatic carbocycles. The van der Waals surface area contributed by atoms with Crippen LogP contribution in [0.4, 0.5) is 5.82 Å². The predicted octanol–water partition coefficient (Wildman–Crippen LogP) is 2.61. The normalized spacial score (nSPS) is 21.8. The quantitative estimate of drug-likeness (QED) is 0.752. The Morgan fingerprint density at radius 1 is 1.16 bits per heavy atom. The lowest BCUT2D eigenvalue weighted by atomic mass is 9.86. The molecule has 2 aromatic rings. The number of hydrogen-bond donors (Lipinski definition) is 3. The number of benzene rings is 1. The van der Waals surface area contributed by atoms with Crippen molar-refractivity contribution < 1.29 is 5.11 Å². The van der Waals surface area contributed by atoms with Gasteiger partial charge in [-0.1, -0.05) is 5.92 Å². The Kier molecular flexibility index (Phi) is 4.06. The summed E-state index contributed by atoms with van der Waals surface area (Å²) in [4.78, 5) is 0. The van der Waals surface area contributed by atoms with Gasteiger partial charge in [-0.2, -0.15) is 0 Å². The van der Waals surface area contributed by atoms with Crippen molar-refractivity contribution in [3.05, 3.63) is 34.9 Å². The molecule has 5 heteroatoms. The lowest BCUT2D eigenvalue weighted by Crippen LogP contribution is -2.44. The summed E-state index contributed by atoms with van der Waals surface area (Å²) in [6.07, 6.45) is 11.6. The highest BCUT2D eigenvalue weighted by Crippen LogP contribution is 2.37. The van der Waals surface area contributed by atoms with Gasteiger partial charge < -0.3 is 16.2 Å². The number of hydrogen-bond acceptors (Lipinski definition) is 5. The van der Waals surface area contributed by atoms with Crippen molar-refractivity contribution in [2.24, 2.45) is 5.73 Å². The van der Waals surface area contributed by atoms with Crippen molar-refractivity contribution >= 4 is 5.82 Å². The third-order valence-corrected chi connectivity index (χ3v) is 5.22. The molecule has 2 aliphatic rings.